The van der Waals surface area contributed by atoms with E-state index in [4.69, 9.17) is 0 Å². The zero-order chi connectivity index (χ0) is 14.5. The Morgan fingerprint density at radius 3 is 2.32 bits per heavy atom. The summed E-state index contributed by atoms with van der Waals surface area (Å²) < 4.78 is 40.7. The van der Waals surface area contributed by atoms with Crippen molar-refractivity contribution in [3.8, 4) is 6.01 Å². The quantitative estimate of drug-likeness (QED) is 0.830. The Kier molecular flexibility index (Phi) is 5.13. The van der Waals surface area contributed by atoms with Crippen LogP contribution in [0.5, 0.6) is 6.01 Å². The maximum absolute atomic E-state index is 12.1. The van der Waals surface area contributed by atoms with E-state index < -0.39 is 12.8 Å². The summed E-state index contributed by atoms with van der Waals surface area (Å²) in [5.41, 5.74) is 0. The average molecular weight is 279 g/mol. The van der Waals surface area contributed by atoms with Gasteiger partial charge in [-0.05, 0) is 20.8 Å². The van der Waals surface area contributed by atoms with Crippen molar-refractivity contribution in [3.05, 3.63) is 0 Å². The first-order chi connectivity index (χ1) is 8.80. The molecule has 1 heterocycles. The zero-order valence-electron chi connectivity index (χ0n) is 10.9. The maximum atomic E-state index is 12.1. The molecule has 0 radical (unpaired) electrons. The molecule has 1 aromatic heterocycles. The second-order valence-corrected chi connectivity index (χ2v) is 4.00. The number of nitrogens with zero attached hydrogens (tertiary/aromatic N) is 3. The van der Waals surface area contributed by atoms with E-state index in [1.807, 2.05) is 20.8 Å². The van der Waals surface area contributed by atoms with Gasteiger partial charge in [0.1, 0.15) is 0 Å². The van der Waals surface area contributed by atoms with Gasteiger partial charge in [0, 0.05) is 12.6 Å². The molecule has 0 aliphatic rings. The van der Waals surface area contributed by atoms with Gasteiger partial charge in [-0.3, -0.25) is 0 Å². The number of hydrogen-bond acceptors (Lipinski definition) is 6. The fraction of sp³-hybridized carbons (Fsp3) is 0.700. The lowest BCUT2D eigenvalue weighted by molar-refractivity contribution is -0.154. The molecule has 1 rings (SSSR count). The highest BCUT2D eigenvalue weighted by Gasteiger charge is 2.29. The fourth-order valence-corrected chi connectivity index (χ4v) is 1.13. The highest BCUT2D eigenvalue weighted by molar-refractivity contribution is 5.36. The van der Waals surface area contributed by atoms with Crippen LogP contribution in [0.25, 0.3) is 0 Å². The molecule has 0 fully saturated rings. The van der Waals surface area contributed by atoms with Crippen LogP contribution < -0.4 is 15.4 Å². The summed E-state index contributed by atoms with van der Waals surface area (Å²) in [4.78, 5) is 11.5. The van der Waals surface area contributed by atoms with Gasteiger partial charge < -0.3 is 15.4 Å². The zero-order valence-corrected chi connectivity index (χ0v) is 10.9. The van der Waals surface area contributed by atoms with Crippen LogP contribution in [0.2, 0.25) is 0 Å². The minimum atomic E-state index is -4.43. The lowest BCUT2D eigenvalue weighted by Gasteiger charge is -2.12. The number of aromatic nitrogens is 3. The van der Waals surface area contributed by atoms with E-state index in [0.717, 1.165) is 0 Å². The molecule has 0 atom stereocenters. The minimum absolute atomic E-state index is 0.0346. The van der Waals surface area contributed by atoms with Gasteiger partial charge in [-0.1, -0.05) is 0 Å². The first-order valence-corrected chi connectivity index (χ1v) is 5.76. The van der Waals surface area contributed by atoms with Crippen LogP contribution in [0.4, 0.5) is 25.1 Å². The van der Waals surface area contributed by atoms with Gasteiger partial charge in [0.25, 0.3) is 0 Å². The van der Waals surface area contributed by atoms with Gasteiger partial charge in [0.15, 0.2) is 6.61 Å². The van der Waals surface area contributed by atoms with Crippen molar-refractivity contribution < 1.29 is 17.9 Å². The SMILES string of the molecule is CCNc1nc(NC(C)C)nc(OCC(F)(F)F)n1. The van der Waals surface area contributed by atoms with Crippen LogP contribution in [0.3, 0.4) is 0 Å². The summed E-state index contributed by atoms with van der Waals surface area (Å²) in [5, 5.41) is 5.67. The van der Waals surface area contributed by atoms with Gasteiger partial charge in [0.05, 0.1) is 0 Å². The van der Waals surface area contributed by atoms with Gasteiger partial charge in [-0.15, -0.1) is 0 Å². The van der Waals surface area contributed by atoms with Crippen LogP contribution >= 0.6 is 0 Å². The number of alkyl halides is 3. The van der Waals surface area contributed by atoms with Crippen LogP contribution in [0, 0.1) is 0 Å². The summed E-state index contributed by atoms with van der Waals surface area (Å²) in [7, 11) is 0. The highest BCUT2D eigenvalue weighted by Crippen LogP contribution is 2.17. The van der Waals surface area contributed by atoms with Crippen molar-refractivity contribution in [2.45, 2.75) is 33.0 Å². The van der Waals surface area contributed by atoms with E-state index in [1.165, 1.54) is 0 Å². The Labute approximate surface area is 108 Å². The third kappa shape index (κ3) is 6.07. The summed E-state index contributed by atoms with van der Waals surface area (Å²) in [6.07, 6.45) is -4.43. The van der Waals surface area contributed by atoms with E-state index in [9.17, 15) is 13.2 Å². The molecule has 0 bridgehead atoms. The van der Waals surface area contributed by atoms with E-state index in [-0.39, 0.29) is 23.9 Å². The predicted octanol–water partition coefficient (Wildman–Crippen LogP) is 2.06. The minimum Gasteiger partial charge on any atom is -0.454 e. The van der Waals surface area contributed by atoms with Crippen molar-refractivity contribution >= 4 is 11.9 Å². The number of ether oxygens (including phenoxy) is 1. The number of nitrogens with one attached hydrogen (secondary N) is 2. The molecule has 0 aromatic carbocycles. The molecule has 0 saturated carbocycles. The van der Waals surface area contributed by atoms with E-state index >= 15 is 0 Å². The molecule has 6 nitrogen and oxygen atoms in total. The first kappa shape index (κ1) is 15.3. The third-order valence-corrected chi connectivity index (χ3v) is 1.73. The maximum Gasteiger partial charge on any atom is 0.422 e. The Bertz CT molecular complexity index is 411. The Morgan fingerprint density at radius 2 is 1.79 bits per heavy atom. The summed E-state index contributed by atoms with van der Waals surface area (Å²) in [5.74, 6) is 0.330. The van der Waals surface area contributed by atoms with Crippen molar-refractivity contribution in [3.63, 3.8) is 0 Å². The van der Waals surface area contributed by atoms with Crippen molar-refractivity contribution in [1.82, 2.24) is 15.0 Å². The molecule has 19 heavy (non-hydrogen) atoms. The van der Waals surface area contributed by atoms with Crippen molar-refractivity contribution in [2.75, 3.05) is 23.8 Å². The molecule has 0 amide bonds. The standard InChI is InChI=1S/C10H16F3N5O/c1-4-14-7-16-8(15-6(2)3)18-9(17-7)19-5-10(11,12)13/h6H,4-5H2,1-3H3,(H2,14,15,16,17,18). The smallest absolute Gasteiger partial charge is 0.422 e. The molecule has 9 heteroatoms. The second kappa shape index (κ2) is 6.39. The average Bonchev–Trinajstić information content (AvgIpc) is 2.24. The van der Waals surface area contributed by atoms with Crippen molar-refractivity contribution in [1.29, 1.82) is 0 Å². The second-order valence-electron chi connectivity index (χ2n) is 4.00. The molecule has 0 saturated heterocycles. The number of halogens is 3. The molecular formula is C10H16F3N5O. The van der Waals surface area contributed by atoms with Crippen LogP contribution in [-0.2, 0) is 0 Å². The molecule has 0 aliphatic heterocycles. The van der Waals surface area contributed by atoms with E-state index in [2.05, 4.69) is 30.3 Å². The largest absolute Gasteiger partial charge is 0.454 e. The number of rotatable bonds is 6. The predicted molar refractivity (Wildman–Crippen MR) is 64.3 cm³/mol. The molecular weight excluding hydrogens is 263 g/mol. The van der Waals surface area contributed by atoms with Crippen LogP contribution in [0.1, 0.15) is 20.8 Å². The van der Waals surface area contributed by atoms with E-state index in [1.54, 1.807) is 0 Å². The van der Waals surface area contributed by atoms with Crippen molar-refractivity contribution in [2.24, 2.45) is 0 Å². The lowest BCUT2D eigenvalue weighted by Crippen LogP contribution is -2.21. The van der Waals surface area contributed by atoms with Crippen LogP contribution in [-0.4, -0.2) is 40.3 Å². The summed E-state index contributed by atoms with van der Waals surface area (Å²) in [6.45, 7) is 4.61. The molecule has 0 aliphatic carbocycles. The van der Waals surface area contributed by atoms with Gasteiger partial charge >= 0.3 is 12.2 Å². The van der Waals surface area contributed by atoms with Gasteiger partial charge in [0.2, 0.25) is 11.9 Å². The normalized spacial score (nSPS) is 11.5. The van der Waals surface area contributed by atoms with E-state index in [0.29, 0.717) is 6.54 Å². The highest BCUT2D eigenvalue weighted by atomic mass is 19.4. The molecule has 2 N–H and O–H groups in total. The Balaban J connectivity index is 2.86. The number of hydrogen-bond donors (Lipinski definition) is 2. The first-order valence-electron chi connectivity index (χ1n) is 5.76. The monoisotopic (exact) mass is 279 g/mol. The molecule has 1 aromatic rings. The third-order valence-electron chi connectivity index (χ3n) is 1.73. The fourth-order valence-electron chi connectivity index (χ4n) is 1.13. The molecule has 0 spiro atoms. The topological polar surface area (TPSA) is 72.0 Å². The summed E-state index contributed by atoms with van der Waals surface area (Å²) in [6, 6.07) is -0.334. The summed E-state index contributed by atoms with van der Waals surface area (Å²) >= 11 is 0. The molecule has 108 valence electrons. The van der Waals surface area contributed by atoms with Gasteiger partial charge in [-0.25, -0.2) is 0 Å². The number of anilines is 2. The Morgan fingerprint density at radius 1 is 1.16 bits per heavy atom. The van der Waals surface area contributed by atoms with Crippen LogP contribution in [0.15, 0.2) is 0 Å². The Hall–Kier alpha value is -1.80. The lowest BCUT2D eigenvalue weighted by atomic mass is 10.4. The molecule has 0 unspecified atom stereocenters. The van der Waals surface area contributed by atoms with Gasteiger partial charge in [-0.2, -0.15) is 28.1 Å².